The van der Waals surface area contributed by atoms with Crippen LogP contribution in [0.2, 0.25) is 0 Å². The van der Waals surface area contributed by atoms with E-state index < -0.39 is 36.1 Å². The zero-order valence-electron chi connectivity index (χ0n) is 21.6. The molecule has 2 aliphatic rings. The predicted molar refractivity (Wildman–Crippen MR) is 130 cm³/mol. The predicted octanol–water partition coefficient (Wildman–Crippen LogP) is 1.95. The minimum Gasteiger partial charge on any atom is -0.444 e. The van der Waals surface area contributed by atoms with Crippen LogP contribution in [0.25, 0.3) is 0 Å². The smallest absolute Gasteiger partial charge is 0.444 e. The summed E-state index contributed by atoms with van der Waals surface area (Å²) < 4.78 is 17.3. The Morgan fingerprint density at radius 3 is 2.35 bits per heavy atom. The number of carbonyl (C=O) groups excluding carboxylic acids is 2. The van der Waals surface area contributed by atoms with Gasteiger partial charge in [0.1, 0.15) is 11.6 Å². The lowest BCUT2D eigenvalue weighted by molar-refractivity contribution is -0.132. The molecule has 0 bridgehead atoms. The number of carbonyl (C=O) groups is 2. The summed E-state index contributed by atoms with van der Waals surface area (Å²) in [5, 5.41) is 5.87. The van der Waals surface area contributed by atoms with Crippen LogP contribution < -0.4 is 16.1 Å². The lowest BCUT2D eigenvalue weighted by Crippen LogP contribution is -2.47. The molecule has 0 radical (unpaired) electrons. The Labute approximate surface area is 202 Å². The monoisotopic (exact) mass is 475 g/mol. The van der Waals surface area contributed by atoms with Crippen molar-refractivity contribution in [3.8, 4) is 0 Å². The van der Waals surface area contributed by atoms with Crippen molar-refractivity contribution in [2.75, 3.05) is 25.0 Å². The van der Waals surface area contributed by atoms with Gasteiger partial charge in [-0.3, -0.25) is 4.79 Å². The van der Waals surface area contributed by atoms with E-state index in [4.69, 9.17) is 14.0 Å². The van der Waals surface area contributed by atoms with Crippen molar-refractivity contribution >= 4 is 30.5 Å². The van der Waals surface area contributed by atoms with Gasteiger partial charge in [0.25, 0.3) is 0 Å². The first kappa shape index (κ1) is 26.2. The summed E-state index contributed by atoms with van der Waals surface area (Å²) in [5.74, 6) is 0.672. The van der Waals surface area contributed by atoms with Crippen molar-refractivity contribution in [1.29, 1.82) is 0 Å². The first-order valence-electron chi connectivity index (χ1n) is 11.9. The second kappa shape index (κ2) is 9.69. The Kier molecular flexibility index (Phi) is 7.47. The van der Waals surface area contributed by atoms with E-state index in [0.717, 1.165) is 11.9 Å². The average Bonchev–Trinajstić information content (AvgIpc) is 3.26. The third kappa shape index (κ3) is 6.38. The molecule has 2 N–H and O–H groups in total. The molecule has 2 aliphatic heterocycles. The number of ether oxygens (including phenoxy) is 1. The molecule has 2 fully saturated rings. The molecule has 188 valence electrons. The molecule has 0 aliphatic carbocycles. The Balaban J connectivity index is 1.45. The first-order chi connectivity index (χ1) is 15.7. The third-order valence-corrected chi connectivity index (χ3v) is 6.45. The molecule has 2 atom stereocenters. The van der Waals surface area contributed by atoms with Crippen LogP contribution in [0.3, 0.4) is 0 Å². The van der Waals surface area contributed by atoms with Crippen LogP contribution in [0.5, 0.6) is 0 Å². The van der Waals surface area contributed by atoms with E-state index in [9.17, 15) is 9.59 Å². The van der Waals surface area contributed by atoms with Crippen LogP contribution in [0.15, 0.2) is 12.4 Å². The Morgan fingerprint density at radius 1 is 1.21 bits per heavy atom. The number of rotatable bonds is 6. The molecule has 3 heterocycles. The minimum absolute atomic E-state index is 0.114. The van der Waals surface area contributed by atoms with E-state index in [0.29, 0.717) is 25.6 Å². The zero-order chi connectivity index (χ0) is 25.3. The summed E-state index contributed by atoms with van der Waals surface area (Å²) >= 11 is 0. The lowest BCUT2D eigenvalue weighted by Gasteiger charge is -2.32. The van der Waals surface area contributed by atoms with Crippen LogP contribution in [0.1, 0.15) is 61.8 Å². The summed E-state index contributed by atoms with van der Waals surface area (Å²) in [6.45, 7) is 17.0. The number of nitrogens with one attached hydrogen (secondary N) is 2. The van der Waals surface area contributed by atoms with E-state index in [1.165, 1.54) is 0 Å². The van der Waals surface area contributed by atoms with Crippen molar-refractivity contribution in [1.82, 2.24) is 20.2 Å². The Hall–Kier alpha value is -2.40. The normalized spacial score (nSPS) is 22.4. The molecular weight excluding hydrogens is 437 g/mol. The van der Waals surface area contributed by atoms with Gasteiger partial charge in [0.2, 0.25) is 11.9 Å². The van der Waals surface area contributed by atoms with E-state index in [1.807, 2.05) is 27.7 Å². The molecule has 0 unspecified atom stereocenters. The maximum Gasteiger partial charge on any atom is 0.498 e. The van der Waals surface area contributed by atoms with Gasteiger partial charge in [-0.1, -0.05) is 0 Å². The van der Waals surface area contributed by atoms with Gasteiger partial charge in [0.05, 0.1) is 11.2 Å². The molecule has 1 aromatic rings. The number of aromatic nitrogens is 2. The number of alkyl carbamates (subject to hydrolysis) is 1. The van der Waals surface area contributed by atoms with Crippen molar-refractivity contribution in [3.63, 3.8) is 0 Å². The fourth-order valence-corrected chi connectivity index (χ4v) is 3.79. The second-order valence-electron chi connectivity index (χ2n) is 11.1. The molecule has 2 amide bonds. The van der Waals surface area contributed by atoms with Gasteiger partial charge < -0.3 is 29.6 Å². The summed E-state index contributed by atoms with van der Waals surface area (Å²) in [6, 6.07) is -0.646. The van der Waals surface area contributed by atoms with E-state index >= 15 is 0 Å². The SMILES string of the molecule is C[C@H](NC(=O)OC(C)(C)C)C(=O)N1CC[C@H](CNc2ncc(B3OC(C)(C)C(C)(C)O3)cn2)C1. The van der Waals surface area contributed by atoms with Crippen LogP contribution in [0.4, 0.5) is 10.7 Å². The highest BCUT2D eigenvalue weighted by molar-refractivity contribution is 6.61. The highest BCUT2D eigenvalue weighted by Crippen LogP contribution is 2.36. The summed E-state index contributed by atoms with van der Waals surface area (Å²) in [7, 11) is -0.496. The van der Waals surface area contributed by atoms with Crippen LogP contribution in [-0.4, -0.2) is 76.5 Å². The Morgan fingerprint density at radius 2 is 1.79 bits per heavy atom. The van der Waals surface area contributed by atoms with E-state index in [2.05, 4.69) is 20.6 Å². The summed E-state index contributed by atoms with van der Waals surface area (Å²) in [6.07, 6.45) is 3.70. The van der Waals surface area contributed by atoms with Gasteiger partial charge in [0.15, 0.2) is 0 Å². The largest absolute Gasteiger partial charge is 0.498 e. The average molecular weight is 475 g/mol. The Bertz CT molecular complexity index is 871. The molecule has 3 rings (SSSR count). The molecule has 0 aromatic carbocycles. The van der Waals surface area contributed by atoms with Crippen molar-refractivity contribution in [2.45, 2.75) is 84.7 Å². The highest BCUT2D eigenvalue weighted by Gasteiger charge is 2.52. The molecule has 0 saturated carbocycles. The maximum atomic E-state index is 12.7. The van der Waals surface area contributed by atoms with Crippen LogP contribution in [-0.2, 0) is 18.8 Å². The molecule has 1 aromatic heterocycles. The van der Waals surface area contributed by atoms with Crippen molar-refractivity contribution in [3.05, 3.63) is 12.4 Å². The number of amides is 2. The minimum atomic E-state index is -0.646. The summed E-state index contributed by atoms with van der Waals surface area (Å²) in [4.78, 5) is 35.2. The fourth-order valence-electron chi connectivity index (χ4n) is 3.79. The molecule has 0 spiro atoms. The second-order valence-corrected chi connectivity index (χ2v) is 11.1. The molecule has 10 nitrogen and oxygen atoms in total. The maximum absolute atomic E-state index is 12.7. The number of nitrogens with zero attached hydrogens (tertiary/aromatic N) is 3. The number of hydrogen-bond acceptors (Lipinski definition) is 8. The van der Waals surface area contributed by atoms with Crippen LogP contribution in [0, 0.1) is 5.92 Å². The molecular formula is C23H38BN5O5. The molecule has 11 heteroatoms. The van der Waals surface area contributed by atoms with Gasteiger partial charge >= 0.3 is 13.2 Å². The standard InChI is InChI=1S/C23H38BN5O5/c1-15(28-20(31)32-21(2,3)4)18(30)29-10-9-16(14-29)11-25-19-26-12-17(13-27-19)24-33-22(5,6)23(7,8)34-24/h12-13,15-16H,9-11,14H2,1-8H3,(H,28,31)(H,25,26,27)/t15-,16+/m0/s1. The van der Waals surface area contributed by atoms with Gasteiger partial charge in [-0.15, -0.1) is 0 Å². The first-order valence-corrected chi connectivity index (χ1v) is 11.9. The quantitative estimate of drug-likeness (QED) is 0.600. The summed E-state index contributed by atoms with van der Waals surface area (Å²) in [5.41, 5.74) is -0.670. The number of hydrogen-bond donors (Lipinski definition) is 2. The number of likely N-dealkylation sites (tertiary alicyclic amines) is 1. The lowest BCUT2D eigenvalue weighted by atomic mass is 9.81. The molecule has 2 saturated heterocycles. The van der Waals surface area contributed by atoms with Crippen molar-refractivity contribution in [2.24, 2.45) is 5.92 Å². The fraction of sp³-hybridized carbons (Fsp3) is 0.739. The van der Waals surface area contributed by atoms with Crippen LogP contribution >= 0.6 is 0 Å². The van der Waals surface area contributed by atoms with E-state index in [-0.39, 0.29) is 11.8 Å². The van der Waals surface area contributed by atoms with Gasteiger partial charge in [-0.2, -0.15) is 0 Å². The topological polar surface area (TPSA) is 115 Å². The van der Waals surface area contributed by atoms with Gasteiger partial charge in [-0.25, -0.2) is 14.8 Å². The van der Waals surface area contributed by atoms with Gasteiger partial charge in [-0.05, 0) is 67.7 Å². The van der Waals surface area contributed by atoms with E-state index in [1.54, 1.807) is 45.0 Å². The number of anilines is 1. The van der Waals surface area contributed by atoms with Crippen molar-refractivity contribution < 1.29 is 23.6 Å². The van der Waals surface area contributed by atoms with Gasteiger partial charge in [0, 0.05) is 37.5 Å². The zero-order valence-corrected chi connectivity index (χ0v) is 21.6. The molecule has 34 heavy (non-hydrogen) atoms. The highest BCUT2D eigenvalue weighted by atomic mass is 16.7. The third-order valence-electron chi connectivity index (χ3n) is 6.45.